The molecule has 0 spiro atoms. The third kappa shape index (κ3) is 4.04. The lowest BCUT2D eigenvalue weighted by atomic mass is 9.46. The van der Waals surface area contributed by atoms with Crippen molar-refractivity contribution in [3.05, 3.63) is 23.8 Å². The van der Waals surface area contributed by atoms with Crippen molar-refractivity contribution in [2.24, 2.45) is 46.3 Å². The smallest absolute Gasteiger partial charge is 0.308 e. The summed E-state index contributed by atoms with van der Waals surface area (Å²) in [5, 5.41) is 12.1. The van der Waals surface area contributed by atoms with Gasteiger partial charge < -0.3 is 19.3 Å². The van der Waals surface area contributed by atoms with Crippen LogP contribution in [0, 0.1) is 46.3 Å². The van der Waals surface area contributed by atoms with Gasteiger partial charge in [-0.3, -0.25) is 14.4 Å². The second-order valence-corrected chi connectivity index (χ2v) is 12.6. The number of esters is 1. The van der Waals surface area contributed by atoms with Crippen LogP contribution in [0.25, 0.3) is 0 Å². The fourth-order valence-corrected chi connectivity index (χ4v) is 8.08. The summed E-state index contributed by atoms with van der Waals surface area (Å²) < 4.78 is 133. The highest BCUT2D eigenvalue weighted by atomic mass is 16.7. The fourth-order valence-electron chi connectivity index (χ4n) is 8.08. The molecule has 1 saturated heterocycles. The van der Waals surface area contributed by atoms with Crippen LogP contribution in [0.1, 0.15) is 104 Å². The number of Topliss-reactive ketones (excluding diaryl/α,β-unsaturated/α-hetero) is 1. The van der Waals surface area contributed by atoms with Gasteiger partial charge in [0.15, 0.2) is 24.3 Å². The maximum Gasteiger partial charge on any atom is 0.308 e. The van der Waals surface area contributed by atoms with Gasteiger partial charge in [-0.1, -0.05) is 59.0 Å². The van der Waals surface area contributed by atoms with E-state index in [4.69, 9.17) is 29.3 Å². The fraction of sp³-hybridized carbons (Fsp3) is 0.788. The zero-order valence-corrected chi connectivity index (χ0v) is 23.4. The highest BCUT2D eigenvalue weighted by Crippen LogP contribution is 2.70. The van der Waals surface area contributed by atoms with Gasteiger partial charge in [-0.25, -0.2) is 0 Å². The van der Waals surface area contributed by atoms with E-state index in [0.717, 1.165) is 0 Å². The molecule has 0 bridgehead atoms. The minimum Gasteiger partial charge on any atom is -0.457 e. The molecule has 4 saturated carbocycles. The lowest BCUT2D eigenvalue weighted by molar-refractivity contribution is -0.210. The van der Waals surface area contributed by atoms with Crippen molar-refractivity contribution in [1.29, 1.82) is 0 Å². The van der Waals surface area contributed by atoms with Crippen molar-refractivity contribution < 1.29 is 51.5 Å². The largest absolute Gasteiger partial charge is 0.457 e. The Morgan fingerprint density at radius 1 is 1.25 bits per heavy atom. The number of aliphatic hydroxyl groups is 1. The van der Waals surface area contributed by atoms with Crippen LogP contribution in [0.3, 0.4) is 0 Å². The van der Waals surface area contributed by atoms with E-state index in [9.17, 15) is 22.2 Å². The predicted molar refractivity (Wildman–Crippen MR) is 148 cm³/mol. The average Bonchev–Trinajstić information content (AvgIpc) is 3.46. The molecule has 0 aromatic carbocycles. The molecule has 0 radical (unpaired) electrons. The second kappa shape index (κ2) is 9.88. The summed E-state index contributed by atoms with van der Waals surface area (Å²) in [5.41, 5.74) is -5.15. The average molecular weight is 568 g/mol. The Hall–Kier alpha value is -1.83. The molecule has 0 aromatic heterocycles. The molecule has 220 valence electrons. The highest BCUT2D eigenvalue weighted by Gasteiger charge is 2.76. The van der Waals surface area contributed by atoms with E-state index in [1.807, 2.05) is 0 Å². The van der Waals surface area contributed by atoms with E-state index in [1.165, 1.54) is 32.9 Å². The van der Waals surface area contributed by atoms with Crippen LogP contribution in [0.2, 0.25) is 0 Å². The molecule has 7 nitrogen and oxygen atoms in total. The summed E-state index contributed by atoms with van der Waals surface area (Å²) in [6, 6.07) is 0. The van der Waals surface area contributed by atoms with Crippen LogP contribution < -0.4 is 0 Å². The molecule has 6 aliphatic rings. The van der Waals surface area contributed by atoms with Crippen molar-refractivity contribution in [2.45, 2.75) is 110 Å². The van der Waals surface area contributed by atoms with Crippen LogP contribution in [0.4, 0.5) is 0 Å². The molecule has 7 heteroatoms. The zero-order chi connectivity index (χ0) is 40.3. The number of allylic oxidation sites excluding steroid dienone is 4. The van der Waals surface area contributed by atoms with Gasteiger partial charge in [0.25, 0.3) is 0 Å². The van der Waals surface area contributed by atoms with Crippen LogP contribution in [-0.4, -0.2) is 53.3 Å². The second-order valence-electron chi connectivity index (χ2n) is 12.6. The molecule has 1 N–H and O–H groups in total. The van der Waals surface area contributed by atoms with E-state index < -0.39 is 126 Å². The minimum absolute atomic E-state index is 0.187. The maximum atomic E-state index is 14.7. The van der Waals surface area contributed by atoms with Gasteiger partial charge in [-0.05, 0) is 68.3 Å². The molecule has 1 heterocycles. The summed E-state index contributed by atoms with van der Waals surface area (Å²) in [5.74, 6) is -12.3. The van der Waals surface area contributed by atoms with E-state index in [0.29, 0.717) is 6.92 Å². The highest BCUT2D eigenvalue weighted by molar-refractivity contribution is 6.01. The lowest BCUT2D eigenvalue weighted by Gasteiger charge is -2.59. The van der Waals surface area contributed by atoms with Crippen LogP contribution in [0.5, 0.6) is 0 Å². The van der Waals surface area contributed by atoms with Gasteiger partial charge in [0.1, 0.15) is 0 Å². The first-order chi connectivity index (χ1) is 23.7. The lowest BCUT2D eigenvalue weighted by Crippen LogP contribution is -2.63. The molecular weight excluding hydrogens is 508 g/mol. The molecule has 6 rings (SSSR count). The summed E-state index contributed by atoms with van der Waals surface area (Å²) in [6.07, 6.45) is -20.6. The molecule has 0 aromatic rings. The third-order valence-corrected chi connectivity index (χ3v) is 9.98. The predicted octanol–water partition coefficient (Wildman–Crippen LogP) is 4.95. The number of hydrogen-bond donors (Lipinski definition) is 1. The first-order valence-electron chi connectivity index (χ1n) is 20.5. The SMILES string of the molecule is [2H]C1([2H])C[C@@H]2[C@H]([C@@H](O)C[C@@]3(C)[C@H]2C[C@H]2O[C@@]([2H])(C4([2H])C([2H])([2H])C([2H])([2H])C([2H])(C)C([2H])([2H])C4([2H])[2H])O[C@]23C(=O)COC(=O)C(C)C)[C@@]2(C)C=CC(=O)C=C12. The van der Waals surface area contributed by atoms with Gasteiger partial charge in [0.05, 0.1) is 19.5 Å². The first kappa shape index (κ1) is 16.7. The van der Waals surface area contributed by atoms with Crippen molar-refractivity contribution in [1.82, 2.24) is 0 Å². The minimum atomic E-state index is -3.98. The van der Waals surface area contributed by atoms with Crippen molar-refractivity contribution in [3.63, 3.8) is 0 Å². The van der Waals surface area contributed by atoms with Crippen molar-refractivity contribution in [3.8, 4) is 0 Å². The molecular formula is C33H46O7. The van der Waals surface area contributed by atoms with Gasteiger partial charge in [-0.15, -0.1) is 0 Å². The molecule has 1 aliphatic heterocycles. The number of fused-ring (bicyclic) bond motifs is 7. The number of hydrogen-bond acceptors (Lipinski definition) is 7. The first-order valence-corrected chi connectivity index (χ1v) is 14.0. The van der Waals surface area contributed by atoms with Crippen molar-refractivity contribution >= 4 is 17.5 Å². The topological polar surface area (TPSA) is 99.1 Å². The monoisotopic (exact) mass is 567 g/mol. The molecule has 40 heavy (non-hydrogen) atoms. The zero-order valence-electron chi connectivity index (χ0n) is 36.4. The summed E-state index contributed by atoms with van der Waals surface area (Å²) in [7, 11) is 0. The van der Waals surface area contributed by atoms with Crippen LogP contribution in [0.15, 0.2) is 23.8 Å². The number of ether oxygens (including phenoxy) is 3. The van der Waals surface area contributed by atoms with Crippen LogP contribution >= 0.6 is 0 Å². The van der Waals surface area contributed by atoms with Crippen molar-refractivity contribution in [2.75, 3.05) is 6.61 Å². The third-order valence-electron chi connectivity index (χ3n) is 9.98. The number of aliphatic hydroxyl groups excluding tert-OH is 1. The summed E-state index contributed by atoms with van der Waals surface area (Å²) >= 11 is 0. The van der Waals surface area contributed by atoms with Gasteiger partial charge in [-0.2, -0.15) is 0 Å². The Morgan fingerprint density at radius 3 is 2.67 bits per heavy atom. The summed E-state index contributed by atoms with van der Waals surface area (Å²) in [4.78, 5) is 39.7. The Kier molecular flexibility index (Phi) is 4.13. The molecule has 0 amide bonds. The number of rotatable bonds is 5. The number of ketones is 2. The number of carbonyl (C=O) groups excluding carboxylic acids is 3. The maximum absolute atomic E-state index is 14.7. The Morgan fingerprint density at radius 2 is 1.98 bits per heavy atom. The quantitative estimate of drug-likeness (QED) is 0.469. The Bertz CT molecular complexity index is 1680. The Balaban J connectivity index is 1.53. The normalized spacial score (nSPS) is 64.3. The Labute approximate surface area is 256 Å². The number of carbonyl (C=O) groups is 3. The van der Waals surface area contributed by atoms with Gasteiger partial charge >= 0.3 is 5.97 Å². The molecule has 5 fully saturated rings. The molecule has 5 aliphatic carbocycles. The van der Waals surface area contributed by atoms with Crippen LogP contribution in [-0.2, 0) is 28.6 Å². The van der Waals surface area contributed by atoms with E-state index >= 15 is 0 Å². The van der Waals surface area contributed by atoms with E-state index in [-0.39, 0.29) is 24.8 Å². The standard InChI is InChI=1S/C33H46O7/c1-18(2)29(37)38-17-26(36)33-27(39-30(40-33)20-8-6-19(3)7-9-20)15-24-23-11-10-21-14-22(34)12-13-31(21,4)28(23)25(35)16-32(24,33)5/h12-14,18-20,23-25,27-28,30,35H,6-11,15-17H2,1-5H3/t19?,20?,23-,24-,25-,27+,28+,30+,31-,32-,33+/m0/s1/i6D2,7D2,8D2,9D2,10D2,19D,20D,30D. The van der Waals surface area contributed by atoms with Gasteiger partial charge in [0.2, 0.25) is 5.78 Å². The molecule has 0 unspecified atom stereocenters. The molecule has 9 atom stereocenters. The van der Waals surface area contributed by atoms with E-state index in [1.54, 1.807) is 13.0 Å². The summed E-state index contributed by atoms with van der Waals surface area (Å²) in [6.45, 7) is 5.91. The van der Waals surface area contributed by atoms with Gasteiger partial charge in [0, 0.05) is 39.1 Å². The van der Waals surface area contributed by atoms with E-state index in [2.05, 4.69) is 0 Å².